The van der Waals surface area contributed by atoms with E-state index in [1.165, 1.54) is 6.20 Å². The van der Waals surface area contributed by atoms with Crippen molar-refractivity contribution in [1.29, 1.82) is 0 Å². The summed E-state index contributed by atoms with van der Waals surface area (Å²) in [5.41, 5.74) is 0. The first kappa shape index (κ1) is 8.77. The fourth-order valence-electron chi connectivity index (χ4n) is 1.07. The number of ether oxygens (including phenoxy) is 1. The van der Waals surface area contributed by atoms with Gasteiger partial charge in [-0.3, -0.25) is 5.21 Å². The molecule has 0 bridgehead atoms. The molecule has 1 heterocycles. The molecule has 2 rings (SSSR count). The van der Waals surface area contributed by atoms with Crippen LogP contribution in [0.1, 0.15) is 0 Å². The fourth-order valence-corrected chi connectivity index (χ4v) is 1.07. The van der Waals surface area contributed by atoms with E-state index in [9.17, 15) is 0 Å². The van der Waals surface area contributed by atoms with Gasteiger partial charge in [0.25, 0.3) is 0 Å². The minimum absolute atomic E-state index is 0.207. The van der Waals surface area contributed by atoms with Crippen LogP contribution in [0.15, 0.2) is 47.6 Å². The third-order valence-corrected chi connectivity index (χ3v) is 1.73. The number of rotatable bonds is 1. The molecular formula is C10H10N2O2. The Labute approximate surface area is 81.7 Å². The molecule has 14 heavy (non-hydrogen) atoms. The molecule has 0 amide bonds. The van der Waals surface area contributed by atoms with Crippen molar-refractivity contribution in [3.05, 3.63) is 42.6 Å². The molecule has 0 saturated carbocycles. The molecule has 0 radical (unpaired) electrons. The van der Waals surface area contributed by atoms with Crippen molar-refractivity contribution in [2.45, 2.75) is 0 Å². The number of benzene rings is 1. The summed E-state index contributed by atoms with van der Waals surface area (Å²) < 4.78 is 5.43. The monoisotopic (exact) mass is 190 g/mol. The zero-order chi connectivity index (χ0) is 9.80. The Morgan fingerprint density at radius 3 is 2.71 bits per heavy atom. The Morgan fingerprint density at radius 1 is 1.29 bits per heavy atom. The Hall–Kier alpha value is -1.81. The maximum absolute atomic E-state index is 8.98. The summed E-state index contributed by atoms with van der Waals surface area (Å²) >= 11 is 0. The lowest BCUT2D eigenvalue weighted by molar-refractivity contribution is -0.0393. The van der Waals surface area contributed by atoms with Gasteiger partial charge >= 0.3 is 0 Å². The number of hydroxylamine groups is 2. The highest BCUT2D eigenvalue weighted by molar-refractivity contribution is 5.89. The van der Waals surface area contributed by atoms with Crippen molar-refractivity contribution < 1.29 is 9.94 Å². The summed E-state index contributed by atoms with van der Waals surface area (Å²) in [6.07, 6.45) is 3.11. The van der Waals surface area contributed by atoms with Crippen molar-refractivity contribution in [1.82, 2.24) is 5.06 Å². The first-order valence-corrected chi connectivity index (χ1v) is 4.26. The molecule has 1 aromatic rings. The van der Waals surface area contributed by atoms with E-state index in [1.807, 2.05) is 30.3 Å². The summed E-state index contributed by atoms with van der Waals surface area (Å²) in [6, 6.07) is 9.39. The van der Waals surface area contributed by atoms with E-state index in [1.54, 1.807) is 6.08 Å². The van der Waals surface area contributed by atoms with Gasteiger partial charge in [0.05, 0.1) is 0 Å². The number of para-hydroxylation sites is 1. The summed E-state index contributed by atoms with van der Waals surface area (Å²) in [7, 11) is 0. The van der Waals surface area contributed by atoms with E-state index in [-0.39, 0.29) is 6.67 Å². The Bertz CT molecular complexity index is 360. The second-order valence-corrected chi connectivity index (χ2v) is 2.81. The molecule has 1 aliphatic heterocycles. The molecular weight excluding hydrogens is 180 g/mol. The third kappa shape index (κ3) is 2.11. The highest BCUT2D eigenvalue weighted by atomic mass is 16.5. The average Bonchev–Trinajstić information content (AvgIpc) is 2.23. The molecule has 4 nitrogen and oxygen atoms in total. The van der Waals surface area contributed by atoms with Crippen LogP contribution in [-0.4, -0.2) is 22.8 Å². The average molecular weight is 190 g/mol. The SMILES string of the molecule is ON1C=CC(Oc2ccccc2)=NC1. The maximum Gasteiger partial charge on any atom is 0.218 e. The summed E-state index contributed by atoms with van der Waals surface area (Å²) in [5, 5.41) is 9.96. The van der Waals surface area contributed by atoms with Gasteiger partial charge in [-0.25, -0.2) is 10.1 Å². The molecule has 72 valence electrons. The van der Waals surface area contributed by atoms with Crippen molar-refractivity contribution in [2.24, 2.45) is 4.99 Å². The zero-order valence-corrected chi connectivity index (χ0v) is 7.50. The summed E-state index contributed by atoms with van der Waals surface area (Å²) in [6.45, 7) is 0.207. The number of nitrogens with zero attached hydrogens (tertiary/aromatic N) is 2. The number of hydrogen-bond donors (Lipinski definition) is 1. The lowest BCUT2D eigenvalue weighted by atomic mass is 10.3. The molecule has 0 aromatic heterocycles. The lowest BCUT2D eigenvalue weighted by Gasteiger charge is -2.14. The summed E-state index contributed by atoms with van der Waals surface area (Å²) in [4.78, 5) is 3.99. The van der Waals surface area contributed by atoms with E-state index in [0.717, 1.165) is 10.8 Å². The van der Waals surface area contributed by atoms with Crippen molar-refractivity contribution in [3.63, 3.8) is 0 Å². The predicted molar refractivity (Wildman–Crippen MR) is 52.1 cm³/mol. The van der Waals surface area contributed by atoms with E-state index in [4.69, 9.17) is 9.94 Å². The van der Waals surface area contributed by atoms with Crippen LogP contribution in [0, 0.1) is 0 Å². The third-order valence-electron chi connectivity index (χ3n) is 1.73. The molecule has 4 heteroatoms. The zero-order valence-electron chi connectivity index (χ0n) is 7.50. The van der Waals surface area contributed by atoms with Gasteiger partial charge in [-0.1, -0.05) is 18.2 Å². The molecule has 0 atom stereocenters. The minimum Gasteiger partial charge on any atom is -0.439 e. The fraction of sp³-hybridized carbons (Fsp3) is 0.100. The molecule has 0 saturated heterocycles. The first-order chi connectivity index (χ1) is 6.84. The van der Waals surface area contributed by atoms with Crippen LogP contribution in [0.2, 0.25) is 0 Å². The van der Waals surface area contributed by atoms with Gasteiger partial charge in [-0.2, -0.15) is 0 Å². The molecule has 0 spiro atoms. The normalized spacial score (nSPS) is 15.2. The lowest BCUT2D eigenvalue weighted by Crippen LogP contribution is -2.20. The van der Waals surface area contributed by atoms with Gasteiger partial charge in [0, 0.05) is 12.3 Å². The minimum atomic E-state index is 0.207. The van der Waals surface area contributed by atoms with Crippen molar-refractivity contribution in [3.8, 4) is 5.75 Å². The molecule has 1 aromatic carbocycles. The van der Waals surface area contributed by atoms with Gasteiger partial charge in [-0.05, 0) is 12.1 Å². The number of hydrogen-bond acceptors (Lipinski definition) is 4. The van der Waals surface area contributed by atoms with Crippen LogP contribution >= 0.6 is 0 Å². The molecule has 0 unspecified atom stereocenters. The van der Waals surface area contributed by atoms with Crippen molar-refractivity contribution >= 4 is 5.90 Å². The Kier molecular flexibility index (Phi) is 2.46. The van der Waals surface area contributed by atoms with Crippen LogP contribution in [-0.2, 0) is 0 Å². The van der Waals surface area contributed by atoms with Crippen LogP contribution in [0.5, 0.6) is 5.75 Å². The Balaban J connectivity index is 2.03. The molecule has 0 aliphatic carbocycles. The smallest absolute Gasteiger partial charge is 0.218 e. The van der Waals surface area contributed by atoms with Crippen LogP contribution in [0.25, 0.3) is 0 Å². The Morgan fingerprint density at radius 2 is 2.07 bits per heavy atom. The topological polar surface area (TPSA) is 45.1 Å². The maximum atomic E-state index is 8.98. The molecule has 0 fully saturated rings. The highest BCUT2D eigenvalue weighted by Gasteiger charge is 2.04. The van der Waals surface area contributed by atoms with E-state index in [2.05, 4.69) is 4.99 Å². The highest BCUT2D eigenvalue weighted by Crippen LogP contribution is 2.10. The standard InChI is InChI=1S/C10H10N2O2/c13-12-7-6-10(11-8-12)14-9-4-2-1-3-5-9/h1-7,13H,8H2. The van der Waals surface area contributed by atoms with Crippen LogP contribution in [0.4, 0.5) is 0 Å². The van der Waals surface area contributed by atoms with E-state index in [0.29, 0.717) is 5.90 Å². The van der Waals surface area contributed by atoms with Gasteiger partial charge in [0.1, 0.15) is 12.4 Å². The van der Waals surface area contributed by atoms with Crippen LogP contribution in [0.3, 0.4) is 0 Å². The summed E-state index contributed by atoms with van der Waals surface area (Å²) in [5.74, 6) is 1.24. The van der Waals surface area contributed by atoms with E-state index >= 15 is 0 Å². The van der Waals surface area contributed by atoms with Gasteiger partial charge in [0.2, 0.25) is 5.90 Å². The second-order valence-electron chi connectivity index (χ2n) is 2.81. The number of aliphatic imine (C=N–C) groups is 1. The first-order valence-electron chi connectivity index (χ1n) is 4.26. The van der Waals surface area contributed by atoms with Gasteiger partial charge in [0.15, 0.2) is 0 Å². The largest absolute Gasteiger partial charge is 0.439 e. The van der Waals surface area contributed by atoms with Gasteiger partial charge < -0.3 is 4.74 Å². The molecule has 1 aliphatic rings. The van der Waals surface area contributed by atoms with Crippen LogP contribution < -0.4 is 4.74 Å². The second kappa shape index (κ2) is 3.93. The van der Waals surface area contributed by atoms with Crippen molar-refractivity contribution in [2.75, 3.05) is 6.67 Å². The predicted octanol–water partition coefficient (Wildman–Crippen LogP) is 1.64. The quantitative estimate of drug-likeness (QED) is 0.732. The van der Waals surface area contributed by atoms with E-state index < -0.39 is 0 Å². The van der Waals surface area contributed by atoms with Gasteiger partial charge in [-0.15, -0.1) is 0 Å². The molecule has 1 N–H and O–H groups in total.